The molecule has 0 bridgehead atoms. The lowest BCUT2D eigenvalue weighted by Crippen LogP contribution is -2.47. The van der Waals surface area contributed by atoms with Crippen LogP contribution < -0.4 is 10.1 Å². The molecule has 1 unspecified atom stereocenters. The van der Waals surface area contributed by atoms with Gasteiger partial charge in [-0.25, -0.2) is 0 Å². The number of hydrogen-bond donors (Lipinski definition) is 1. The van der Waals surface area contributed by atoms with Crippen molar-refractivity contribution in [2.75, 3.05) is 52.5 Å². The van der Waals surface area contributed by atoms with Crippen LogP contribution in [-0.2, 0) is 4.74 Å². The molecule has 0 spiro atoms. The maximum absolute atomic E-state index is 13.0. The fourth-order valence-corrected chi connectivity index (χ4v) is 3.39. The molecule has 1 amide bonds. The zero-order chi connectivity index (χ0) is 19.3. The summed E-state index contributed by atoms with van der Waals surface area (Å²) in [6.07, 6.45) is -3.88. The van der Waals surface area contributed by atoms with Crippen molar-refractivity contribution in [1.29, 1.82) is 0 Å². The summed E-state index contributed by atoms with van der Waals surface area (Å²) in [5.74, 6) is -0.503. The standard InChI is InChI=1S/C18H24F3N3O3.ClH/c19-18(20,21)27-16-3-1-14(2-4-16)17(25)24(15-5-6-22-13-15)8-7-23-9-11-26-12-10-23;/h1-4,15,22H,5-13H2;1H. The Labute approximate surface area is 168 Å². The number of alkyl halides is 3. The van der Waals surface area contributed by atoms with Crippen LogP contribution in [0.15, 0.2) is 24.3 Å². The predicted octanol–water partition coefficient (Wildman–Crippen LogP) is 2.14. The first-order valence-corrected chi connectivity index (χ1v) is 9.10. The van der Waals surface area contributed by atoms with Gasteiger partial charge in [-0.05, 0) is 37.2 Å². The molecule has 1 aromatic rings. The van der Waals surface area contributed by atoms with Gasteiger partial charge in [0, 0.05) is 44.3 Å². The van der Waals surface area contributed by atoms with E-state index in [1.807, 2.05) is 4.90 Å². The molecule has 1 atom stereocenters. The summed E-state index contributed by atoms with van der Waals surface area (Å²) < 4.78 is 46.1. The third kappa shape index (κ3) is 6.51. The van der Waals surface area contributed by atoms with E-state index in [2.05, 4.69) is 15.0 Å². The normalized spacial score (nSPS) is 20.5. The first kappa shape index (κ1) is 22.7. The predicted molar refractivity (Wildman–Crippen MR) is 99.9 cm³/mol. The van der Waals surface area contributed by atoms with Crippen molar-refractivity contribution in [2.24, 2.45) is 0 Å². The molecule has 1 aromatic carbocycles. The molecule has 2 saturated heterocycles. The second-order valence-electron chi connectivity index (χ2n) is 6.67. The maximum atomic E-state index is 13.0. The van der Waals surface area contributed by atoms with E-state index in [9.17, 15) is 18.0 Å². The summed E-state index contributed by atoms with van der Waals surface area (Å²) in [5.41, 5.74) is 0.360. The molecule has 0 radical (unpaired) electrons. The summed E-state index contributed by atoms with van der Waals surface area (Å²) in [6, 6.07) is 5.20. The van der Waals surface area contributed by atoms with Crippen molar-refractivity contribution >= 4 is 18.3 Å². The Bertz CT molecular complexity index is 619. The molecule has 28 heavy (non-hydrogen) atoms. The van der Waals surface area contributed by atoms with Crippen molar-refractivity contribution < 1.29 is 27.4 Å². The molecule has 6 nitrogen and oxygen atoms in total. The van der Waals surface area contributed by atoms with E-state index in [-0.39, 0.29) is 30.1 Å². The van der Waals surface area contributed by atoms with Gasteiger partial charge in [-0.2, -0.15) is 0 Å². The Hall–Kier alpha value is -1.55. The van der Waals surface area contributed by atoms with Gasteiger partial charge in [-0.3, -0.25) is 9.69 Å². The number of morpholine rings is 1. The highest BCUT2D eigenvalue weighted by atomic mass is 35.5. The van der Waals surface area contributed by atoms with Crippen molar-refractivity contribution in [1.82, 2.24) is 15.1 Å². The monoisotopic (exact) mass is 423 g/mol. The Kier molecular flexibility index (Phi) is 8.36. The van der Waals surface area contributed by atoms with Crippen LogP contribution in [0.4, 0.5) is 13.2 Å². The van der Waals surface area contributed by atoms with Crippen molar-refractivity contribution in [3.63, 3.8) is 0 Å². The number of halogens is 4. The summed E-state index contributed by atoms with van der Waals surface area (Å²) in [5, 5.41) is 3.26. The van der Waals surface area contributed by atoms with Crippen molar-refractivity contribution in [2.45, 2.75) is 18.8 Å². The van der Waals surface area contributed by atoms with Crippen LogP contribution in [0, 0.1) is 0 Å². The van der Waals surface area contributed by atoms with Crippen LogP contribution in [0.2, 0.25) is 0 Å². The molecular weight excluding hydrogens is 399 g/mol. The fourth-order valence-electron chi connectivity index (χ4n) is 3.39. The molecule has 1 N–H and O–H groups in total. The minimum Gasteiger partial charge on any atom is -0.406 e. The van der Waals surface area contributed by atoms with Crippen LogP contribution in [0.1, 0.15) is 16.8 Å². The van der Waals surface area contributed by atoms with Gasteiger partial charge in [-0.1, -0.05) is 0 Å². The topological polar surface area (TPSA) is 54.0 Å². The smallest absolute Gasteiger partial charge is 0.406 e. The molecule has 2 fully saturated rings. The molecule has 0 saturated carbocycles. The maximum Gasteiger partial charge on any atom is 0.573 e. The molecule has 3 rings (SSSR count). The number of nitrogens with one attached hydrogen (secondary N) is 1. The summed E-state index contributed by atoms with van der Waals surface area (Å²) in [7, 11) is 0. The van der Waals surface area contributed by atoms with E-state index in [0.717, 1.165) is 39.1 Å². The molecule has 10 heteroatoms. The zero-order valence-corrected chi connectivity index (χ0v) is 16.2. The van der Waals surface area contributed by atoms with Crippen molar-refractivity contribution in [3.8, 4) is 5.75 Å². The van der Waals surface area contributed by atoms with Gasteiger partial charge in [0.1, 0.15) is 5.75 Å². The lowest BCUT2D eigenvalue weighted by atomic mass is 10.1. The van der Waals surface area contributed by atoms with Gasteiger partial charge in [0.15, 0.2) is 0 Å². The minimum atomic E-state index is -4.74. The number of benzene rings is 1. The molecule has 2 heterocycles. The van der Waals surface area contributed by atoms with E-state index in [4.69, 9.17) is 4.74 Å². The number of amides is 1. The summed E-state index contributed by atoms with van der Waals surface area (Å²) >= 11 is 0. The van der Waals surface area contributed by atoms with E-state index in [0.29, 0.717) is 25.3 Å². The van der Waals surface area contributed by atoms with Crippen LogP contribution in [0.3, 0.4) is 0 Å². The Balaban J connectivity index is 0.00000280. The molecule has 0 aliphatic carbocycles. The van der Waals surface area contributed by atoms with Gasteiger partial charge in [0.25, 0.3) is 5.91 Å². The third-order valence-corrected chi connectivity index (χ3v) is 4.83. The van der Waals surface area contributed by atoms with Gasteiger partial charge in [0.2, 0.25) is 0 Å². The molecule has 2 aliphatic heterocycles. The first-order valence-electron chi connectivity index (χ1n) is 9.10. The Morgan fingerprint density at radius 1 is 1.25 bits per heavy atom. The van der Waals surface area contributed by atoms with Gasteiger partial charge < -0.3 is 19.7 Å². The second kappa shape index (κ2) is 10.3. The quantitative estimate of drug-likeness (QED) is 0.759. The van der Waals surface area contributed by atoms with E-state index < -0.39 is 6.36 Å². The average Bonchev–Trinajstić information content (AvgIpc) is 3.16. The SMILES string of the molecule is Cl.O=C(c1ccc(OC(F)(F)F)cc1)N(CCN1CCOCC1)C1CCNC1. The fraction of sp³-hybridized carbons (Fsp3) is 0.611. The average molecular weight is 424 g/mol. The van der Waals surface area contributed by atoms with Gasteiger partial charge in [0.05, 0.1) is 13.2 Å². The lowest BCUT2D eigenvalue weighted by Gasteiger charge is -2.33. The highest BCUT2D eigenvalue weighted by Gasteiger charge is 2.31. The third-order valence-electron chi connectivity index (χ3n) is 4.83. The Morgan fingerprint density at radius 3 is 2.50 bits per heavy atom. The van der Waals surface area contributed by atoms with Crippen LogP contribution in [0.25, 0.3) is 0 Å². The first-order chi connectivity index (χ1) is 12.9. The summed E-state index contributed by atoms with van der Waals surface area (Å²) in [4.78, 5) is 17.1. The largest absolute Gasteiger partial charge is 0.573 e. The number of ether oxygens (including phenoxy) is 2. The van der Waals surface area contributed by atoms with Gasteiger partial charge in [-0.15, -0.1) is 25.6 Å². The van der Waals surface area contributed by atoms with Crippen LogP contribution in [-0.4, -0.2) is 80.6 Å². The minimum absolute atomic E-state index is 0. The van der Waals surface area contributed by atoms with Crippen LogP contribution in [0.5, 0.6) is 5.75 Å². The summed E-state index contributed by atoms with van der Waals surface area (Å²) in [6.45, 7) is 5.98. The number of carbonyl (C=O) groups excluding carboxylic acids is 1. The molecular formula is C18H25ClF3N3O3. The van der Waals surface area contributed by atoms with E-state index in [1.165, 1.54) is 24.3 Å². The highest BCUT2D eigenvalue weighted by Crippen LogP contribution is 2.23. The van der Waals surface area contributed by atoms with E-state index >= 15 is 0 Å². The number of hydrogen-bond acceptors (Lipinski definition) is 5. The molecule has 158 valence electrons. The molecule has 0 aromatic heterocycles. The van der Waals surface area contributed by atoms with Gasteiger partial charge >= 0.3 is 6.36 Å². The molecule has 2 aliphatic rings. The zero-order valence-electron chi connectivity index (χ0n) is 15.4. The number of nitrogens with zero attached hydrogens (tertiary/aromatic N) is 2. The lowest BCUT2D eigenvalue weighted by molar-refractivity contribution is -0.274. The highest BCUT2D eigenvalue weighted by molar-refractivity contribution is 5.94. The number of rotatable bonds is 6. The van der Waals surface area contributed by atoms with Crippen LogP contribution >= 0.6 is 12.4 Å². The van der Waals surface area contributed by atoms with E-state index in [1.54, 1.807) is 0 Å². The number of carbonyl (C=O) groups is 1. The second-order valence-corrected chi connectivity index (χ2v) is 6.67. The van der Waals surface area contributed by atoms with Crippen molar-refractivity contribution in [3.05, 3.63) is 29.8 Å². The Morgan fingerprint density at radius 2 is 1.93 bits per heavy atom.